The molecule has 0 aromatic rings. The first-order chi connectivity index (χ1) is 16.2. The minimum Gasteiger partial charge on any atom is -0.461 e. The normalized spacial score (nSPS) is 34.7. The quantitative estimate of drug-likeness (QED) is 0.394. The van der Waals surface area contributed by atoms with Crippen molar-refractivity contribution in [3.05, 3.63) is 25.3 Å². The van der Waals surface area contributed by atoms with E-state index in [2.05, 4.69) is 13.2 Å². The molecule has 3 rings (SSSR count). The zero-order valence-electron chi connectivity index (χ0n) is 22.2. The Morgan fingerprint density at radius 1 is 1.31 bits per heavy atom. The fourth-order valence-electron chi connectivity index (χ4n) is 6.49. The zero-order chi connectivity index (χ0) is 26.5. The first kappa shape index (κ1) is 27.4. The van der Waals surface area contributed by atoms with Crippen molar-refractivity contribution in [2.24, 2.45) is 23.7 Å². The molecule has 3 aliphatic rings. The van der Waals surface area contributed by atoms with Gasteiger partial charge in [-0.05, 0) is 46.0 Å². The molecule has 0 aromatic carbocycles. The molecule has 0 saturated carbocycles. The number of hydrogen-bond acceptors (Lipinski definition) is 6. The number of likely N-dealkylation sites (tertiary alicyclic amines) is 1. The van der Waals surface area contributed by atoms with Gasteiger partial charge in [0, 0.05) is 12.1 Å². The molecule has 1 N–H and O–H groups in total. The summed E-state index contributed by atoms with van der Waals surface area (Å²) >= 11 is 0. The molecule has 0 radical (unpaired) electrons. The van der Waals surface area contributed by atoms with E-state index >= 15 is 0 Å². The Labute approximate surface area is 209 Å². The van der Waals surface area contributed by atoms with Crippen molar-refractivity contribution in [1.29, 1.82) is 0 Å². The maximum atomic E-state index is 14.4. The number of carbonyl (C=O) groups excluding carboxylic acids is 3. The monoisotopic (exact) mass is 490 g/mol. The first-order valence-electron chi connectivity index (χ1n) is 12.6. The topological polar surface area (TPSA) is 96.4 Å². The standard InChI is InChI=1S/C27H42N2O6/c1-10-12-28(25(6,7)8)23(32)21-27-14-17(5)26(9,35-27)20(24(33)34-13-11-2)19(27)22(31)29(21)18(15-30)16(3)4/h10-11,16-21,30H,1-2,12-15H2,3-9H3/t17?,18-,19-,20+,21?,26-,27?/m0/s1. The highest BCUT2D eigenvalue weighted by molar-refractivity contribution is 5.99. The van der Waals surface area contributed by atoms with Crippen molar-refractivity contribution < 1.29 is 29.0 Å². The number of amides is 2. The maximum absolute atomic E-state index is 14.4. The summed E-state index contributed by atoms with van der Waals surface area (Å²) in [5, 5.41) is 10.3. The molecule has 2 bridgehead atoms. The molecule has 3 heterocycles. The van der Waals surface area contributed by atoms with E-state index in [0.717, 1.165) is 0 Å². The number of ether oxygens (including phenoxy) is 2. The van der Waals surface area contributed by atoms with Gasteiger partial charge in [0.2, 0.25) is 11.8 Å². The highest BCUT2D eigenvalue weighted by atomic mass is 16.6. The predicted molar refractivity (Wildman–Crippen MR) is 132 cm³/mol. The van der Waals surface area contributed by atoms with Crippen LogP contribution in [0.4, 0.5) is 0 Å². The van der Waals surface area contributed by atoms with Crippen LogP contribution >= 0.6 is 0 Å². The van der Waals surface area contributed by atoms with E-state index in [9.17, 15) is 19.5 Å². The van der Waals surface area contributed by atoms with Crippen molar-refractivity contribution in [2.45, 2.75) is 83.7 Å². The minimum absolute atomic E-state index is 0.0299. The number of fused-ring (bicyclic) bond motifs is 1. The van der Waals surface area contributed by atoms with E-state index in [0.29, 0.717) is 13.0 Å². The Hall–Kier alpha value is -2.19. The van der Waals surface area contributed by atoms with Crippen LogP contribution in [0, 0.1) is 23.7 Å². The molecular formula is C27H42N2O6. The molecule has 7 atom stereocenters. The molecule has 8 nitrogen and oxygen atoms in total. The summed E-state index contributed by atoms with van der Waals surface area (Å²) in [6.45, 7) is 20.9. The highest BCUT2D eigenvalue weighted by Crippen LogP contribution is 2.66. The van der Waals surface area contributed by atoms with Gasteiger partial charge >= 0.3 is 5.97 Å². The van der Waals surface area contributed by atoms with E-state index in [1.54, 1.807) is 11.0 Å². The van der Waals surface area contributed by atoms with Crippen LogP contribution in [0.15, 0.2) is 25.3 Å². The van der Waals surface area contributed by atoms with Gasteiger partial charge in [-0.1, -0.05) is 39.5 Å². The second kappa shape index (κ2) is 9.36. The fraction of sp³-hybridized carbons (Fsp3) is 0.741. The summed E-state index contributed by atoms with van der Waals surface area (Å²) in [5.74, 6) is -3.04. The second-order valence-electron chi connectivity index (χ2n) is 11.8. The molecule has 3 fully saturated rings. The lowest BCUT2D eigenvalue weighted by Crippen LogP contribution is -2.62. The van der Waals surface area contributed by atoms with E-state index in [4.69, 9.17) is 9.47 Å². The summed E-state index contributed by atoms with van der Waals surface area (Å²) in [5.41, 5.74) is -2.68. The lowest BCUT2D eigenvalue weighted by Gasteiger charge is -2.44. The van der Waals surface area contributed by atoms with E-state index in [-0.39, 0.29) is 36.9 Å². The number of rotatable bonds is 9. The van der Waals surface area contributed by atoms with Crippen LogP contribution < -0.4 is 0 Å². The molecule has 3 unspecified atom stereocenters. The average Bonchev–Trinajstić information content (AvgIpc) is 3.27. The zero-order valence-corrected chi connectivity index (χ0v) is 22.2. The lowest BCUT2D eigenvalue weighted by atomic mass is 9.62. The van der Waals surface area contributed by atoms with Gasteiger partial charge in [-0.2, -0.15) is 0 Å². The Morgan fingerprint density at radius 3 is 2.43 bits per heavy atom. The number of nitrogens with zero attached hydrogens (tertiary/aromatic N) is 2. The maximum Gasteiger partial charge on any atom is 0.313 e. The van der Waals surface area contributed by atoms with E-state index < -0.39 is 46.6 Å². The Balaban J connectivity index is 2.21. The fourth-order valence-corrected chi connectivity index (χ4v) is 6.49. The van der Waals surface area contributed by atoms with Crippen LogP contribution in [0.3, 0.4) is 0 Å². The third-order valence-electron chi connectivity index (χ3n) is 8.29. The van der Waals surface area contributed by atoms with Gasteiger partial charge in [-0.3, -0.25) is 14.4 Å². The van der Waals surface area contributed by atoms with Crippen LogP contribution in [-0.4, -0.2) is 81.3 Å². The molecule has 0 aliphatic carbocycles. The summed E-state index contributed by atoms with van der Waals surface area (Å²) in [4.78, 5) is 45.1. The second-order valence-corrected chi connectivity index (χ2v) is 11.8. The van der Waals surface area contributed by atoms with Crippen LogP contribution in [0.5, 0.6) is 0 Å². The SMILES string of the molecule is C=CCOC(=O)[C@H]1[C@H]2C(=O)N([C@@H](CO)C(C)C)C(C(=O)N(CC=C)C(C)(C)C)C23CC(C)[C@]1(C)O3. The summed E-state index contributed by atoms with van der Waals surface area (Å²) < 4.78 is 12.1. The lowest BCUT2D eigenvalue weighted by molar-refractivity contribution is -0.164. The summed E-state index contributed by atoms with van der Waals surface area (Å²) in [6, 6.07) is -1.57. The first-order valence-corrected chi connectivity index (χ1v) is 12.6. The van der Waals surface area contributed by atoms with Gasteiger partial charge in [-0.25, -0.2) is 0 Å². The Kier molecular flexibility index (Phi) is 7.32. The van der Waals surface area contributed by atoms with Crippen LogP contribution in [0.25, 0.3) is 0 Å². The highest BCUT2D eigenvalue weighted by Gasteiger charge is 2.81. The van der Waals surface area contributed by atoms with Crippen LogP contribution in [0.2, 0.25) is 0 Å². The molecule has 3 saturated heterocycles. The average molecular weight is 491 g/mol. The molecule has 0 aromatic heterocycles. The van der Waals surface area contributed by atoms with Crippen molar-refractivity contribution >= 4 is 17.8 Å². The molecule has 35 heavy (non-hydrogen) atoms. The summed E-state index contributed by atoms with van der Waals surface area (Å²) in [6.07, 6.45) is 3.61. The number of hydrogen-bond donors (Lipinski definition) is 1. The number of aliphatic hydroxyl groups excluding tert-OH is 1. The van der Waals surface area contributed by atoms with Gasteiger partial charge in [0.15, 0.2) is 0 Å². The third kappa shape index (κ3) is 4.02. The van der Waals surface area contributed by atoms with Gasteiger partial charge in [0.25, 0.3) is 0 Å². The van der Waals surface area contributed by atoms with E-state index in [1.165, 1.54) is 11.0 Å². The minimum atomic E-state index is -1.19. The Bertz CT molecular complexity index is 895. The molecule has 8 heteroatoms. The van der Waals surface area contributed by atoms with Gasteiger partial charge < -0.3 is 24.4 Å². The number of carbonyl (C=O) groups is 3. The molecular weight excluding hydrogens is 448 g/mol. The van der Waals surface area contributed by atoms with Crippen LogP contribution in [0.1, 0.15) is 54.9 Å². The van der Waals surface area contributed by atoms with Crippen molar-refractivity contribution in [1.82, 2.24) is 9.80 Å². The largest absolute Gasteiger partial charge is 0.461 e. The van der Waals surface area contributed by atoms with Gasteiger partial charge in [-0.15, -0.1) is 6.58 Å². The van der Waals surface area contributed by atoms with Crippen LogP contribution in [-0.2, 0) is 23.9 Å². The molecule has 1 spiro atoms. The van der Waals surface area contributed by atoms with Gasteiger partial charge in [0.05, 0.1) is 24.2 Å². The van der Waals surface area contributed by atoms with Crippen molar-refractivity contribution in [3.8, 4) is 0 Å². The summed E-state index contributed by atoms with van der Waals surface area (Å²) in [7, 11) is 0. The molecule has 3 aliphatic heterocycles. The van der Waals surface area contributed by atoms with E-state index in [1.807, 2.05) is 48.5 Å². The third-order valence-corrected chi connectivity index (χ3v) is 8.29. The molecule has 2 amide bonds. The van der Waals surface area contributed by atoms with Gasteiger partial charge in [0.1, 0.15) is 24.2 Å². The van der Waals surface area contributed by atoms with Crippen molar-refractivity contribution in [3.63, 3.8) is 0 Å². The Morgan fingerprint density at radius 2 is 1.94 bits per heavy atom. The number of aliphatic hydroxyl groups is 1. The molecule has 196 valence electrons. The van der Waals surface area contributed by atoms with Crippen molar-refractivity contribution in [2.75, 3.05) is 19.8 Å². The number of esters is 1. The smallest absolute Gasteiger partial charge is 0.313 e. The predicted octanol–water partition coefficient (Wildman–Crippen LogP) is 2.56.